The Labute approximate surface area is 177 Å². The second-order valence-electron chi connectivity index (χ2n) is 7.90. The molecule has 2 aliphatic rings. The van der Waals surface area contributed by atoms with Crippen LogP contribution in [0.25, 0.3) is 0 Å². The zero-order chi connectivity index (χ0) is 21.7. The second kappa shape index (κ2) is 9.43. The Balaban J connectivity index is 1.88. The fraction of sp³-hybridized carbons (Fsp3) is 0.522. The molecule has 0 aromatic heterocycles. The minimum absolute atomic E-state index is 0.0388. The Morgan fingerprint density at radius 3 is 2.53 bits per heavy atom. The van der Waals surface area contributed by atoms with E-state index in [2.05, 4.69) is 6.58 Å². The van der Waals surface area contributed by atoms with Crippen LogP contribution in [-0.4, -0.2) is 64.0 Å². The van der Waals surface area contributed by atoms with Crippen molar-refractivity contribution in [3.05, 3.63) is 48.6 Å². The van der Waals surface area contributed by atoms with Gasteiger partial charge in [0.25, 0.3) is 5.91 Å². The molecule has 2 fully saturated rings. The average molecular weight is 415 g/mol. The summed E-state index contributed by atoms with van der Waals surface area (Å²) in [5.74, 6) is -1.93. The molecule has 1 aromatic rings. The lowest BCUT2D eigenvalue weighted by Crippen LogP contribution is -2.58. The van der Waals surface area contributed by atoms with Gasteiger partial charge in [-0.15, -0.1) is 6.58 Å². The van der Waals surface area contributed by atoms with Crippen molar-refractivity contribution in [3.63, 3.8) is 0 Å². The van der Waals surface area contributed by atoms with E-state index >= 15 is 0 Å². The van der Waals surface area contributed by atoms with Gasteiger partial charge < -0.3 is 19.6 Å². The van der Waals surface area contributed by atoms with Crippen LogP contribution in [-0.2, 0) is 25.7 Å². The molecule has 2 saturated heterocycles. The molecule has 7 nitrogen and oxygen atoms in total. The van der Waals surface area contributed by atoms with Crippen LogP contribution in [0.3, 0.4) is 0 Å². The lowest BCUT2D eigenvalue weighted by molar-refractivity contribution is -0.156. The first-order valence-electron chi connectivity index (χ1n) is 10.5. The van der Waals surface area contributed by atoms with E-state index in [0.29, 0.717) is 45.3 Å². The van der Waals surface area contributed by atoms with Gasteiger partial charge in [0.1, 0.15) is 12.0 Å². The van der Waals surface area contributed by atoms with Crippen molar-refractivity contribution < 1.29 is 24.2 Å². The van der Waals surface area contributed by atoms with Crippen molar-refractivity contribution in [2.45, 2.75) is 50.8 Å². The van der Waals surface area contributed by atoms with Crippen molar-refractivity contribution in [1.29, 1.82) is 0 Å². The first-order valence-corrected chi connectivity index (χ1v) is 10.5. The third kappa shape index (κ3) is 4.12. The van der Waals surface area contributed by atoms with Crippen LogP contribution in [0.5, 0.6) is 0 Å². The van der Waals surface area contributed by atoms with Gasteiger partial charge in [-0.05, 0) is 31.7 Å². The quantitative estimate of drug-likeness (QED) is 0.544. The van der Waals surface area contributed by atoms with Crippen LogP contribution in [0.1, 0.15) is 38.2 Å². The van der Waals surface area contributed by atoms with E-state index in [0.717, 1.165) is 5.56 Å². The molecule has 1 N–H and O–H groups in total. The molecule has 2 heterocycles. The summed E-state index contributed by atoms with van der Waals surface area (Å²) in [4.78, 5) is 41.7. The standard InChI is InChI=1S/C23H30N2O5/c1-3-5-11-18(26)24-14-12-23(13-15-24)19(22(29)30-4-2)20(27)21(28)25(23)16-17-9-7-6-8-10-17/h3,6-10,19-20,27H,1,4-5,11-16H2,2H3/t19-,20+/m0/s1. The molecule has 0 aliphatic carbocycles. The number of allylic oxidation sites excluding steroid dienone is 1. The highest BCUT2D eigenvalue weighted by atomic mass is 16.5. The maximum atomic E-state index is 13.0. The normalized spacial score (nSPS) is 22.9. The van der Waals surface area contributed by atoms with Crippen molar-refractivity contribution in [1.82, 2.24) is 9.80 Å². The Morgan fingerprint density at radius 2 is 1.93 bits per heavy atom. The number of amides is 2. The van der Waals surface area contributed by atoms with Gasteiger partial charge in [0.15, 0.2) is 0 Å². The number of nitrogens with zero attached hydrogens (tertiary/aromatic N) is 2. The lowest BCUT2D eigenvalue weighted by Gasteiger charge is -2.47. The van der Waals surface area contributed by atoms with Gasteiger partial charge in [0.2, 0.25) is 5.91 Å². The number of rotatable bonds is 7. The number of aliphatic hydroxyl groups excluding tert-OH is 1. The molecule has 3 rings (SSSR count). The van der Waals surface area contributed by atoms with E-state index in [1.807, 2.05) is 30.3 Å². The number of benzene rings is 1. The van der Waals surface area contributed by atoms with Gasteiger partial charge in [-0.2, -0.15) is 0 Å². The Bertz CT molecular complexity index is 786. The highest BCUT2D eigenvalue weighted by Gasteiger charge is 2.62. The number of aliphatic hydroxyl groups is 1. The van der Waals surface area contributed by atoms with Crippen LogP contribution < -0.4 is 0 Å². The van der Waals surface area contributed by atoms with Crippen LogP contribution in [0, 0.1) is 5.92 Å². The number of hydrogen-bond acceptors (Lipinski definition) is 5. The molecule has 1 aromatic carbocycles. The molecule has 0 radical (unpaired) electrons. The highest BCUT2D eigenvalue weighted by molar-refractivity contribution is 5.93. The lowest BCUT2D eigenvalue weighted by atomic mass is 9.75. The molecule has 162 valence electrons. The largest absolute Gasteiger partial charge is 0.466 e. The number of ether oxygens (including phenoxy) is 1. The molecular weight excluding hydrogens is 384 g/mol. The number of hydrogen-bond donors (Lipinski definition) is 1. The molecule has 7 heteroatoms. The minimum atomic E-state index is -1.43. The second-order valence-corrected chi connectivity index (χ2v) is 7.90. The maximum Gasteiger partial charge on any atom is 0.314 e. The summed E-state index contributed by atoms with van der Waals surface area (Å²) in [6.45, 7) is 6.70. The van der Waals surface area contributed by atoms with Gasteiger partial charge >= 0.3 is 5.97 Å². The molecule has 2 amide bonds. The van der Waals surface area contributed by atoms with Gasteiger partial charge in [0, 0.05) is 26.1 Å². The summed E-state index contributed by atoms with van der Waals surface area (Å²) in [6, 6.07) is 9.51. The van der Waals surface area contributed by atoms with Gasteiger partial charge in [0.05, 0.1) is 12.1 Å². The molecular formula is C23H30N2O5. The number of likely N-dealkylation sites (tertiary alicyclic amines) is 2. The van der Waals surface area contributed by atoms with Gasteiger partial charge in [-0.25, -0.2) is 0 Å². The first-order chi connectivity index (χ1) is 14.4. The van der Waals surface area contributed by atoms with Crippen LogP contribution in [0.4, 0.5) is 0 Å². The number of carbonyl (C=O) groups excluding carboxylic acids is 3. The summed E-state index contributed by atoms with van der Waals surface area (Å²) in [5, 5.41) is 10.7. The number of carbonyl (C=O) groups is 3. The van der Waals surface area contributed by atoms with Gasteiger partial charge in [-0.3, -0.25) is 14.4 Å². The summed E-state index contributed by atoms with van der Waals surface area (Å²) in [6.07, 6.45) is 2.14. The Kier molecular flexibility index (Phi) is 6.92. The zero-order valence-corrected chi connectivity index (χ0v) is 17.5. The van der Waals surface area contributed by atoms with Crippen molar-refractivity contribution in [3.8, 4) is 0 Å². The predicted octanol–water partition coefficient (Wildman–Crippen LogP) is 1.90. The zero-order valence-electron chi connectivity index (χ0n) is 17.5. The maximum absolute atomic E-state index is 13.0. The molecule has 0 bridgehead atoms. The summed E-state index contributed by atoms with van der Waals surface area (Å²) < 4.78 is 5.23. The Hall–Kier alpha value is -2.67. The topological polar surface area (TPSA) is 87.1 Å². The van der Waals surface area contributed by atoms with E-state index in [1.165, 1.54) is 0 Å². The predicted molar refractivity (Wildman–Crippen MR) is 111 cm³/mol. The molecule has 2 aliphatic heterocycles. The van der Waals surface area contributed by atoms with Crippen molar-refractivity contribution in [2.75, 3.05) is 19.7 Å². The number of esters is 1. The molecule has 2 atom stereocenters. The van der Waals surface area contributed by atoms with Crippen LogP contribution >= 0.6 is 0 Å². The van der Waals surface area contributed by atoms with E-state index < -0.39 is 29.4 Å². The SMILES string of the molecule is C=CCCC(=O)N1CCC2(CC1)[C@H](C(=O)OCC)[C@@H](O)C(=O)N2Cc1ccccc1. The summed E-state index contributed by atoms with van der Waals surface area (Å²) >= 11 is 0. The third-order valence-electron chi connectivity index (χ3n) is 6.22. The first kappa shape index (κ1) is 22.0. The molecule has 30 heavy (non-hydrogen) atoms. The average Bonchev–Trinajstić information content (AvgIpc) is 2.95. The van der Waals surface area contributed by atoms with E-state index in [9.17, 15) is 19.5 Å². The minimum Gasteiger partial charge on any atom is -0.466 e. The van der Waals surface area contributed by atoms with Gasteiger partial charge in [-0.1, -0.05) is 36.4 Å². The monoisotopic (exact) mass is 414 g/mol. The molecule has 0 saturated carbocycles. The van der Waals surface area contributed by atoms with E-state index in [1.54, 1.807) is 22.8 Å². The summed E-state index contributed by atoms with van der Waals surface area (Å²) in [7, 11) is 0. The fourth-order valence-electron chi connectivity index (χ4n) is 4.67. The number of piperidine rings is 1. The van der Waals surface area contributed by atoms with E-state index in [4.69, 9.17) is 4.74 Å². The van der Waals surface area contributed by atoms with Crippen LogP contribution in [0.2, 0.25) is 0 Å². The van der Waals surface area contributed by atoms with E-state index in [-0.39, 0.29) is 12.5 Å². The van der Waals surface area contributed by atoms with Crippen LogP contribution in [0.15, 0.2) is 43.0 Å². The Morgan fingerprint density at radius 1 is 1.27 bits per heavy atom. The summed E-state index contributed by atoms with van der Waals surface area (Å²) in [5.41, 5.74) is 0.0554. The smallest absolute Gasteiger partial charge is 0.314 e. The molecule has 0 unspecified atom stereocenters. The van der Waals surface area contributed by atoms with Crippen molar-refractivity contribution >= 4 is 17.8 Å². The van der Waals surface area contributed by atoms with Crippen molar-refractivity contribution in [2.24, 2.45) is 5.92 Å². The third-order valence-corrected chi connectivity index (χ3v) is 6.22. The molecule has 1 spiro atoms. The fourth-order valence-corrected chi connectivity index (χ4v) is 4.67. The highest BCUT2D eigenvalue weighted by Crippen LogP contribution is 2.45.